The van der Waals surface area contributed by atoms with Gasteiger partial charge < -0.3 is 19.3 Å². The van der Waals surface area contributed by atoms with Gasteiger partial charge in [0.1, 0.15) is 17.3 Å². The molecular weight excluding hydrogens is 607 g/mol. The number of ether oxygens (including phenoxy) is 1. The molecule has 2 bridgehead atoms. The summed E-state index contributed by atoms with van der Waals surface area (Å²) in [5, 5.41) is 13.9. The second kappa shape index (κ2) is 15.2. The molecule has 7 nitrogen and oxygen atoms in total. The summed E-state index contributed by atoms with van der Waals surface area (Å²) < 4.78 is 54.6. The molecule has 3 unspecified atom stereocenters. The molecule has 3 atom stereocenters. The van der Waals surface area contributed by atoms with Crippen LogP contribution in [-0.4, -0.2) is 39.9 Å². The summed E-state index contributed by atoms with van der Waals surface area (Å²) in [7, 11) is 0. The topological polar surface area (TPSA) is 88.7 Å². The van der Waals surface area contributed by atoms with Crippen LogP contribution in [-0.2, 0) is 17.5 Å². The van der Waals surface area contributed by atoms with Gasteiger partial charge in [-0.25, -0.2) is 9.78 Å². The first-order valence-electron chi connectivity index (χ1n) is 17.5. The molecule has 0 radical (unpaired) electrons. The smallest absolute Gasteiger partial charge is 0.417 e. The molecule has 0 spiro atoms. The molecule has 2 aliphatic carbocycles. The Balaban J connectivity index is 1.29. The first kappa shape index (κ1) is 33.5. The lowest BCUT2D eigenvalue weighted by atomic mass is 9.92. The molecule has 10 heteroatoms. The number of carboxylic acids is 1. The van der Waals surface area contributed by atoms with Crippen LogP contribution in [0.4, 0.5) is 19.0 Å². The predicted molar refractivity (Wildman–Crippen MR) is 173 cm³/mol. The van der Waals surface area contributed by atoms with Crippen LogP contribution in [0, 0.1) is 5.92 Å². The van der Waals surface area contributed by atoms with Gasteiger partial charge in [-0.15, -0.1) is 0 Å². The number of nitrogens with zero attached hydrogens (tertiary/aromatic N) is 3. The molecule has 0 amide bonds. The maximum atomic E-state index is 14.0. The fraction of sp³-hybridized carbons (Fsp3) is 0.595. The van der Waals surface area contributed by atoms with Crippen molar-refractivity contribution in [3.8, 4) is 11.3 Å². The number of hydrogen-bond acceptors (Lipinski definition) is 6. The summed E-state index contributed by atoms with van der Waals surface area (Å²) in [5.41, 5.74) is 0.342. The molecule has 254 valence electrons. The van der Waals surface area contributed by atoms with Crippen molar-refractivity contribution >= 4 is 11.8 Å². The zero-order valence-corrected chi connectivity index (χ0v) is 27.0. The number of carboxylic acid groups (broad SMARTS) is 1. The van der Waals surface area contributed by atoms with E-state index in [9.17, 15) is 23.1 Å². The molecule has 3 fully saturated rings. The van der Waals surface area contributed by atoms with Crippen molar-refractivity contribution < 1.29 is 32.3 Å². The average molecular weight is 654 g/mol. The molecular formula is C37H46F3N3O4. The number of hydrogen-bond donors (Lipinski definition) is 1. The second-order valence-corrected chi connectivity index (χ2v) is 13.7. The van der Waals surface area contributed by atoms with Gasteiger partial charge in [0.15, 0.2) is 0 Å². The van der Waals surface area contributed by atoms with E-state index in [-0.39, 0.29) is 41.5 Å². The van der Waals surface area contributed by atoms with E-state index in [4.69, 9.17) is 9.26 Å². The fourth-order valence-electron chi connectivity index (χ4n) is 7.56. The predicted octanol–water partition coefficient (Wildman–Crippen LogP) is 9.81. The van der Waals surface area contributed by atoms with E-state index in [0.29, 0.717) is 23.1 Å². The SMILES string of the molecule is O=C(O)c1ccnc(N2CCCCCCCCCCC3CCC2CC(OCc2c(-c4ccccc4C(F)(F)F)noc2C2CC2)C3)c1. The largest absolute Gasteiger partial charge is 0.478 e. The van der Waals surface area contributed by atoms with Crippen LogP contribution in [0.15, 0.2) is 47.1 Å². The molecule has 2 aromatic heterocycles. The first-order chi connectivity index (χ1) is 22.8. The normalized spacial score (nSPS) is 23.6. The molecule has 1 aliphatic heterocycles. The van der Waals surface area contributed by atoms with Crippen molar-refractivity contribution in [1.82, 2.24) is 10.1 Å². The highest BCUT2D eigenvalue weighted by Crippen LogP contribution is 2.46. The lowest BCUT2D eigenvalue weighted by Crippen LogP contribution is -2.39. The minimum Gasteiger partial charge on any atom is -0.478 e. The Morgan fingerprint density at radius 1 is 0.936 bits per heavy atom. The molecule has 1 aromatic carbocycles. The van der Waals surface area contributed by atoms with Crippen LogP contribution in [0.2, 0.25) is 0 Å². The van der Waals surface area contributed by atoms with Gasteiger partial charge in [-0.05, 0) is 69.1 Å². The van der Waals surface area contributed by atoms with E-state index in [1.165, 1.54) is 56.7 Å². The highest BCUT2D eigenvalue weighted by molar-refractivity contribution is 5.88. The monoisotopic (exact) mass is 653 g/mol. The minimum atomic E-state index is -4.52. The second-order valence-electron chi connectivity index (χ2n) is 13.7. The van der Waals surface area contributed by atoms with Crippen molar-refractivity contribution in [3.05, 3.63) is 65.0 Å². The van der Waals surface area contributed by atoms with Gasteiger partial charge in [0, 0.05) is 35.8 Å². The fourth-order valence-corrected chi connectivity index (χ4v) is 7.56. The summed E-state index contributed by atoms with van der Waals surface area (Å²) in [6, 6.07) is 8.85. The number of halogens is 3. The lowest BCUT2D eigenvalue weighted by molar-refractivity contribution is -0.137. The molecule has 3 heterocycles. The maximum Gasteiger partial charge on any atom is 0.417 e. The lowest BCUT2D eigenvalue weighted by Gasteiger charge is -2.34. The molecule has 3 aromatic rings. The molecule has 1 saturated heterocycles. The first-order valence-corrected chi connectivity index (χ1v) is 17.5. The summed E-state index contributed by atoms with van der Waals surface area (Å²) in [6.07, 6.45) is 13.0. The Kier molecular flexibility index (Phi) is 10.8. The van der Waals surface area contributed by atoms with Crippen LogP contribution in [0.5, 0.6) is 0 Å². The summed E-state index contributed by atoms with van der Waals surface area (Å²) in [4.78, 5) is 18.8. The molecule has 47 heavy (non-hydrogen) atoms. The van der Waals surface area contributed by atoms with E-state index in [2.05, 4.69) is 15.0 Å². The highest BCUT2D eigenvalue weighted by atomic mass is 19.4. The number of aromatic nitrogens is 2. The number of fused-ring (bicyclic) bond motifs is 3. The molecule has 2 saturated carbocycles. The quantitative estimate of drug-likeness (QED) is 0.272. The van der Waals surface area contributed by atoms with Gasteiger partial charge in [-0.2, -0.15) is 13.2 Å². The van der Waals surface area contributed by atoms with Gasteiger partial charge >= 0.3 is 12.1 Å². The van der Waals surface area contributed by atoms with Crippen LogP contribution in [0.3, 0.4) is 0 Å². The van der Waals surface area contributed by atoms with Gasteiger partial charge in [0.2, 0.25) is 0 Å². The Hall–Kier alpha value is -3.40. The minimum absolute atomic E-state index is 0.0165. The van der Waals surface area contributed by atoms with Crippen molar-refractivity contribution in [2.45, 2.75) is 127 Å². The number of benzene rings is 1. The summed E-state index contributed by atoms with van der Waals surface area (Å²) in [5.74, 6) is 0.981. The van der Waals surface area contributed by atoms with Crippen molar-refractivity contribution in [2.24, 2.45) is 5.92 Å². The van der Waals surface area contributed by atoms with Crippen molar-refractivity contribution in [1.29, 1.82) is 0 Å². The number of rotatable bonds is 7. The molecule has 1 N–H and O–H groups in total. The number of pyridine rings is 1. The van der Waals surface area contributed by atoms with Crippen LogP contribution >= 0.6 is 0 Å². The Morgan fingerprint density at radius 3 is 2.43 bits per heavy atom. The van der Waals surface area contributed by atoms with Crippen LogP contribution < -0.4 is 4.90 Å². The van der Waals surface area contributed by atoms with Crippen LogP contribution in [0.1, 0.15) is 129 Å². The van der Waals surface area contributed by atoms with Crippen molar-refractivity contribution in [3.63, 3.8) is 0 Å². The van der Waals surface area contributed by atoms with E-state index in [1.807, 2.05) is 0 Å². The molecule has 3 aliphatic rings. The summed E-state index contributed by atoms with van der Waals surface area (Å²) >= 11 is 0. The van der Waals surface area contributed by atoms with Crippen LogP contribution in [0.25, 0.3) is 11.3 Å². The Morgan fingerprint density at radius 2 is 1.68 bits per heavy atom. The molecule has 6 rings (SSSR count). The van der Waals surface area contributed by atoms with Gasteiger partial charge in [0.25, 0.3) is 0 Å². The average Bonchev–Trinajstić information content (AvgIpc) is 3.85. The van der Waals surface area contributed by atoms with Crippen molar-refractivity contribution in [2.75, 3.05) is 11.4 Å². The number of carbonyl (C=O) groups is 1. The number of alkyl halides is 3. The zero-order valence-electron chi connectivity index (χ0n) is 27.0. The highest BCUT2D eigenvalue weighted by Gasteiger charge is 2.38. The zero-order chi connectivity index (χ0) is 32.8. The third-order valence-corrected chi connectivity index (χ3v) is 10.2. The van der Waals surface area contributed by atoms with E-state index < -0.39 is 17.7 Å². The summed E-state index contributed by atoms with van der Waals surface area (Å²) in [6.45, 7) is 0.918. The van der Waals surface area contributed by atoms with E-state index in [0.717, 1.165) is 70.4 Å². The standard InChI is InChI=1S/C37H46F3N3O4/c38-37(39,40)32-13-9-8-12-30(32)34-31(35(47-42-34)26-15-16-26)24-46-29-21-25-11-7-5-3-1-2-4-6-10-20-43(28(23-29)17-14-25)33-22-27(36(44)45)18-19-41-33/h8-9,12-13,18-19,22,25-26,28-29H,1-7,10-11,14-17,20-21,23-24H2,(H,44,45). The Labute approximate surface area is 274 Å². The van der Waals surface area contributed by atoms with E-state index >= 15 is 0 Å². The number of anilines is 1. The van der Waals surface area contributed by atoms with E-state index in [1.54, 1.807) is 18.3 Å². The van der Waals surface area contributed by atoms with Gasteiger partial charge in [0.05, 0.1) is 23.8 Å². The van der Waals surface area contributed by atoms with Gasteiger partial charge in [-0.3, -0.25) is 0 Å². The Bertz CT molecular complexity index is 1490. The number of aromatic carboxylic acids is 1. The van der Waals surface area contributed by atoms with Gasteiger partial charge in [-0.1, -0.05) is 74.7 Å². The third-order valence-electron chi connectivity index (χ3n) is 10.2. The maximum absolute atomic E-state index is 14.0. The third kappa shape index (κ3) is 8.55.